The number of esters is 1. The Morgan fingerprint density at radius 2 is 2.03 bits per heavy atom. The summed E-state index contributed by atoms with van der Waals surface area (Å²) in [5.41, 5.74) is 1.79. The molecule has 0 aromatic carbocycles. The number of nitrogens with one attached hydrogen (secondary N) is 1. The van der Waals surface area contributed by atoms with Gasteiger partial charge in [-0.25, -0.2) is 14.8 Å². The number of carbonyl (C=O) groups is 1. The fourth-order valence-corrected chi connectivity index (χ4v) is 5.17. The van der Waals surface area contributed by atoms with E-state index in [1.165, 1.54) is 18.4 Å². The Morgan fingerprint density at radius 3 is 2.71 bits per heavy atom. The van der Waals surface area contributed by atoms with Crippen LogP contribution in [-0.4, -0.2) is 72.6 Å². The lowest BCUT2D eigenvalue weighted by Crippen LogP contribution is -2.31. The molecule has 2 saturated heterocycles. The molecule has 5 rings (SSSR count). The molecule has 0 bridgehead atoms. The molecule has 2 atom stereocenters. The highest BCUT2D eigenvalue weighted by molar-refractivity contribution is 7.20. The number of hydrogen-bond donors (Lipinski definition) is 1. The number of aryl methyl sites for hydroxylation is 1. The van der Waals surface area contributed by atoms with Gasteiger partial charge in [0.2, 0.25) is 0 Å². The number of pyridine rings is 1. The van der Waals surface area contributed by atoms with Crippen LogP contribution in [0.1, 0.15) is 15.2 Å². The zero-order chi connectivity index (χ0) is 21.4. The highest BCUT2D eigenvalue weighted by atomic mass is 32.1. The molecule has 0 unspecified atom stereocenters. The lowest BCUT2D eigenvalue weighted by atomic mass is 10.2. The fraction of sp³-hybridized carbons (Fsp3) is 0.429. The van der Waals surface area contributed by atoms with Crippen molar-refractivity contribution in [2.24, 2.45) is 0 Å². The van der Waals surface area contributed by atoms with Crippen molar-refractivity contribution >= 4 is 39.0 Å². The Bertz CT molecular complexity index is 1080. The third kappa shape index (κ3) is 3.82. The predicted octanol–water partition coefficient (Wildman–Crippen LogP) is 2.27. The molecule has 1 N–H and O–H groups in total. The van der Waals surface area contributed by atoms with Gasteiger partial charge in [-0.3, -0.25) is 4.98 Å². The Kier molecular flexibility index (Phi) is 5.43. The van der Waals surface area contributed by atoms with Gasteiger partial charge < -0.3 is 24.4 Å². The Hall–Kier alpha value is -2.82. The minimum absolute atomic E-state index is 0.0512. The standard InChI is InChI=1S/C21H23N5O4S/c1-12-17-19(23-11-24-20(17)31-18(12)21(27)28-2)26-7-15-16(8-26)30-10-14(9-29-15)25-13-4-3-5-22-6-13/h3-6,11,14-16,25H,7-10H2,1-2H3/t15-,16-/m0/s1. The van der Waals surface area contributed by atoms with E-state index in [1.54, 1.807) is 18.7 Å². The van der Waals surface area contributed by atoms with E-state index in [0.29, 0.717) is 31.2 Å². The number of ether oxygens (including phenoxy) is 3. The van der Waals surface area contributed by atoms with Crippen molar-refractivity contribution < 1.29 is 19.0 Å². The van der Waals surface area contributed by atoms with Crippen molar-refractivity contribution in [3.63, 3.8) is 0 Å². The third-order valence-corrected chi connectivity index (χ3v) is 6.83. The summed E-state index contributed by atoms with van der Waals surface area (Å²) in [5, 5.41) is 4.30. The fourth-order valence-electron chi connectivity index (χ4n) is 4.11. The van der Waals surface area contributed by atoms with Gasteiger partial charge in [-0.2, -0.15) is 0 Å². The van der Waals surface area contributed by atoms with Crippen molar-refractivity contribution in [3.05, 3.63) is 41.3 Å². The zero-order valence-corrected chi connectivity index (χ0v) is 18.1. The van der Waals surface area contributed by atoms with E-state index >= 15 is 0 Å². The molecule has 0 spiro atoms. The topological polar surface area (TPSA) is 98.7 Å². The van der Waals surface area contributed by atoms with Gasteiger partial charge in [-0.15, -0.1) is 11.3 Å². The molecule has 3 aromatic heterocycles. The summed E-state index contributed by atoms with van der Waals surface area (Å²) in [6, 6.07) is 3.94. The first-order valence-corrected chi connectivity index (χ1v) is 10.9. The minimum Gasteiger partial charge on any atom is -0.465 e. The van der Waals surface area contributed by atoms with Crippen LogP contribution >= 0.6 is 11.3 Å². The number of carbonyl (C=O) groups excluding carboxylic acids is 1. The zero-order valence-electron chi connectivity index (χ0n) is 17.3. The van der Waals surface area contributed by atoms with Gasteiger partial charge in [0.1, 0.15) is 34.1 Å². The van der Waals surface area contributed by atoms with Crippen molar-refractivity contribution in [2.45, 2.75) is 25.2 Å². The number of anilines is 2. The van der Waals surface area contributed by atoms with Gasteiger partial charge in [-0.05, 0) is 24.6 Å². The third-order valence-electron chi connectivity index (χ3n) is 5.65. The molecule has 2 aliphatic rings. The molecule has 9 nitrogen and oxygen atoms in total. The SMILES string of the molecule is COC(=O)c1sc2ncnc(N3C[C@@H]4OCC(Nc5cccnc5)CO[C@H]4C3)c2c1C. The van der Waals surface area contributed by atoms with Crippen LogP contribution in [0.2, 0.25) is 0 Å². The van der Waals surface area contributed by atoms with Crippen molar-refractivity contribution in [1.29, 1.82) is 0 Å². The van der Waals surface area contributed by atoms with Crippen LogP contribution < -0.4 is 10.2 Å². The first kappa shape index (κ1) is 20.1. The summed E-state index contributed by atoms with van der Waals surface area (Å²) in [4.78, 5) is 28.7. The van der Waals surface area contributed by atoms with Gasteiger partial charge in [0.25, 0.3) is 0 Å². The van der Waals surface area contributed by atoms with E-state index in [4.69, 9.17) is 14.2 Å². The Labute approximate surface area is 183 Å². The van der Waals surface area contributed by atoms with Gasteiger partial charge >= 0.3 is 5.97 Å². The second kappa shape index (κ2) is 8.37. The maximum absolute atomic E-state index is 12.1. The number of fused-ring (bicyclic) bond motifs is 2. The number of hydrogen-bond acceptors (Lipinski definition) is 10. The number of aromatic nitrogens is 3. The number of rotatable bonds is 4. The van der Waals surface area contributed by atoms with E-state index in [-0.39, 0.29) is 24.2 Å². The molecule has 31 heavy (non-hydrogen) atoms. The number of methoxy groups -OCH3 is 1. The van der Waals surface area contributed by atoms with E-state index in [1.807, 2.05) is 19.1 Å². The quantitative estimate of drug-likeness (QED) is 0.611. The first-order chi connectivity index (χ1) is 15.1. The van der Waals surface area contributed by atoms with Crippen LogP contribution in [0.4, 0.5) is 11.5 Å². The highest BCUT2D eigenvalue weighted by Crippen LogP contribution is 2.37. The number of thiophene rings is 1. The van der Waals surface area contributed by atoms with Crippen molar-refractivity contribution in [1.82, 2.24) is 15.0 Å². The monoisotopic (exact) mass is 441 g/mol. The summed E-state index contributed by atoms with van der Waals surface area (Å²) in [7, 11) is 1.39. The minimum atomic E-state index is -0.350. The smallest absolute Gasteiger partial charge is 0.348 e. The molecule has 2 fully saturated rings. The molecule has 0 radical (unpaired) electrons. The lowest BCUT2D eigenvalue weighted by molar-refractivity contribution is -0.00461. The normalized spacial score (nSPS) is 21.7. The largest absolute Gasteiger partial charge is 0.465 e. The Morgan fingerprint density at radius 1 is 1.26 bits per heavy atom. The van der Waals surface area contributed by atoms with Crippen LogP contribution in [0.3, 0.4) is 0 Å². The molecule has 0 saturated carbocycles. The van der Waals surface area contributed by atoms with E-state index < -0.39 is 0 Å². The van der Waals surface area contributed by atoms with E-state index in [9.17, 15) is 4.79 Å². The molecule has 0 aliphatic carbocycles. The summed E-state index contributed by atoms with van der Waals surface area (Å²) in [6.07, 6.45) is 4.98. The van der Waals surface area contributed by atoms with Crippen molar-refractivity contribution in [3.8, 4) is 0 Å². The summed E-state index contributed by atoms with van der Waals surface area (Å²) in [6.45, 7) is 4.34. The second-order valence-electron chi connectivity index (χ2n) is 7.66. The van der Waals surface area contributed by atoms with Crippen LogP contribution in [0.15, 0.2) is 30.9 Å². The van der Waals surface area contributed by atoms with Gasteiger partial charge in [0, 0.05) is 25.5 Å². The lowest BCUT2D eigenvalue weighted by Gasteiger charge is -2.21. The molecule has 0 amide bonds. The van der Waals surface area contributed by atoms with Crippen LogP contribution in [0, 0.1) is 6.92 Å². The average Bonchev–Trinajstić information content (AvgIpc) is 3.31. The molecule has 162 valence electrons. The molecular formula is C21H23N5O4S. The van der Waals surface area contributed by atoms with Gasteiger partial charge in [0.15, 0.2) is 0 Å². The summed E-state index contributed by atoms with van der Waals surface area (Å²) in [5.74, 6) is 0.455. The highest BCUT2D eigenvalue weighted by Gasteiger charge is 2.39. The molecule has 5 heterocycles. The summed E-state index contributed by atoms with van der Waals surface area (Å²) >= 11 is 1.33. The first-order valence-electron chi connectivity index (χ1n) is 10.1. The van der Waals surface area contributed by atoms with E-state index in [0.717, 1.165) is 27.3 Å². The second-order valence-corrected chi connectivity index (χ2v) is 8.66. The number of nitrogens with zero attached hydrogens (tertiary/aromatic N) is 4. The molecule has 3 aromatic rings. The Balaban J connectivity index is 1.32. The van der Waals surface area contributed by atoms with Gasteiger partial charge in [0.05, 0.1) is 37.4 Å². The van der Waals surface area contributed by atoms with Crippen LogP contribution in [0.25, 0.3) is 10.2 Å². The molecular weight excluding hydrogens is 418 g/mol. The van der Waals surface area contributed by atoms with Crippen LogP contribution in [0.5, 0.6) is 0 Å². The van der Waals surface area contributed by atoms with Crippen molar-refractivity contribution in [2.75, 3.05) is 43.6 Å². The molecule has 2 aliphatic heterocycles. The van der Waals surface area contributed by atoms with E-state index in [2.05, 4.69) is 25.2 Å². The predicted molar refractivity (Wildman–Crippen MR) is 117 cm³/mol. The van der Waals surface area contributed by atoms with Gasteiger partial charge in [-0.1, -0.05) is 0 Å². The van der Waals surface area contributed by atoms with Crippen LogP contribution in [-0.2, 0) is 14.2 Å². The summed E-state index contributed by atoms with van der Waals surface area (Å²) < 4.78 is 17.3. The maximum atomic E-state index is 12.1. The average molecular weight is 442 g/mol. The molecule has 10 heteroatoms. The maximum Gasteiger partial charge on any atom is 0.348 e.